The first-order valence-corrected chi connectivity index (χ1v) is 6.67. The maximum atomic E-state index is 12.5. The van der Waals surface area contributed by atoms with Crippen LogP contribution in [0.3, 0.4) is 0 Å². The van der Waals surface area contributed by atoms with E-state index in [4.69, 9.17) is 5.73 Å². The molecule has 1 heterocycles. The fourth-order valence-electron chi connectivity index (χ4n) is 2.33. The summed E-state index contributed by atoms with van der Waals surface area (Å²) in [6.07, 6.45) is -3.13. The molecule has 114 valence electrons. The van der Waals surface area contributed by atoms with E-state index in [9.17, 15) is 13.2 Å². The number of alkyl halides is 3. The van der Waals surface area contributed by atoms with E-state index < -0.39 is 11.7 Å². The smallest absolute Gasteiger partial charge is 0.327 e. The van der Waals surface area contributed by atoms with E-state index in [0.29, 0.717) is 12.8 Å². The Bertz CT molecular complexity index is 600. The molecule has 1 unspecified atom stereocenters. The highest BCUT2D eigenvalue weighted by molar-refractivity contribution is 5.25. The standard InChI is InChI=1S/C15H18F3N3/c1-10-7-14(21(2)20-10)9-13(19)8-11-3-5-12(6-4-11)15(16,17)18/h3-7,13H,8-9,19H2,1-2H3. The number of hydrogen-bond acceptors (Lipinski definition) is 2. The van der Waals surface area contributed by atoms with Gasteiger partial charge in [-0.05, 0) is 37.1 Å². The zero-order valence-electron chi connectivity index (χ0n) is 12.0. The molecular weight excluding hydrogens is 279 g/mol. The second kappa shape index (κ2) is 5.89. The van der Waals surface area contributed by atoms with E-state index in [2.05, 4.69) is 5.10 Å². The normalized spacial score (nSPS) is 13.4. The van der Waals surface area contributed by atoms with Gasteiger partial charge in [0, 0.05) is 25.2 Å². The van der Waals surface area contributed by atoms with Gasteiger partial charge in [0.05, 0.1) is 11.3 Å². The number of halogens is 3. The number of nitrogens with two attached hydrogens (primary N) is 1. The monoisotopic (exact) mass is 297 g/mol. The van der Waals surface area contributed by atoms with Gasteiger partial charge in [0.25, 0.3) is 0 Å². The molecule has 0 amide bonds. The summed E-state index contributed by atoms with van der Waals surface area (Å²) in [6, 6.07) is 6.96. The summed E-state index contributed by atoms with van der Waals surface area (Å²) in [4.78, 5) is 0. The van der Waals surface area contributed by atoms with E-state index in [1.807, 2.05) is 20.0 Å². The van der Waals surface area contributed by atoms with Crippen LogP contribution in [0.4, 0.5) is 13.2 Å². The Labute approximate surface area is 121 Å². The quantitative estimate of drug-likeness (QED) is 0.943. The lowest BCUT2D eigenvalue weighted by Gasteiger charge is -2.13. The molecular formula is C15H18F3N3. The SMILES string of the molecule is Cc1cc(CC(N)Cc2ccc(C(F)(F)F)cc2)n(C)n1. The number of hydrogen-bond donors (Lipinski definition) is 1. The van der Waals surface area contributed by atoms with Crippen molar-refractivity contribution < 1.29 is 13.2 Å². The number of aromatic nitrogens is 2. The Morgan fingerprint density at radius 3 is 2.29 bits per heavy atom. The molecule has 1 aromatic carbocycles. The molecule has 2 rings (SSSR count). The summed E-state index contributed by atoms with van der Waals surface area (Å²) < 4.78 is 39.2. The molecule has 0 spiro atoms. The summed E-state index contributed by atoms with van der Waals surface area (Å²) >= 11 is 0. The van der Waals surface area contributed by atoms with Gasteiger partial charge in [-0.1, -0.05) is 12.1 Å². The van der Waals surface area contributed by atoms with Gasteiger partial charge in [0.15, 0.2) is 0 Å². The van der Waals surface area contributed by atoms with Gasteiger partial charge < -0.3 is 5.73 Å². The molecule has 3 nitrogen and oxygen atoms in total. The summed E-state index contributed by atoms with van der Waals surface area (Å²) in [5, 5.41) is 4.25. The maximum Gasteiger partial charge on any atom is 0.416 e. The third kappa shape index (κ3) is 4.07. The predicted molar refractivity (Wildman–Crippen MR) is 74.8 cm³/mol. The largest absolute Gasteiger partial charge is 0.416 e. The van der Waals surface area contributed by atoms with Gasteiger partial charge in [-0.25, -0.2) is 0 Å². The highest BCUT2D eigenvalue weighted by atomic mass is 19.4. The predicted octanol–water partition coefficient (Wildman–Crippen LogP) is 2.86. The van der Waals surface area contributed by atoms with Crippen molar-refractivity contribution in [2.24, 2.45) is 12.8 Å². The van der Waals surface area contributed by atoms with Gasteiger partial charge in [-0.2, -0.15) is 18.3 Å². The molecule has 1 aromatic heterocycles. The zero-order valence-corrected chi connectivity index (χ0v) is 12.0. The third-order valence-electron chi connectivity index (χ3n) is 3.35. The molecule has 0 saturated heterocycles. The highest BCUT2D eigenvalue weighted by Crippen LogP contribution is 2.29. The van der Waals surface area contributed by atoms with Crippen LogP contribution in [0.2, 0.25) is 0 Å². The van der Waals surface area contributed by atoms with Gasteiger partial charge in [-0.15, -0.1) is 0 Å². The molecule has 0 saturated carbocycles. The van der Waals surface area contributed by atoms with Crippen molar-refractivity contribution in [3.8, 4) is 0 Å². The van der Waals surface area contributed by atoms with E-state index >= 15 is 0 Å². The summed E-state index contributed by atoms with van der Waals surface area (Å²) in [5.41, 5.74) is 8.19. The third-order valence-corrected chi connectivity index (χ3v) is 3.35. The Morgan fingerprint density at radius 2 is 1.81 bits per heavy atom. The first-order chi connectivity index (χ1) is 9.75. The van der Waals surface area contributed by atoms with Crippen molar-refractivity contribution in [2.75, 3.05) is 0 Å². The van der Waals surface area contributed by atoms with Crippen LogP contribution < -0.4 is 5.73 Å². The number of aryl methyl sites for hydroxylation is 2. The van der Waals surface area contributed by atoms with Crippen LogP contribution in [0.5, 0.6) is 0 Å². The van der Waals surface area contributed by atoms with Crippen LogP contribution in [-0.4, -0.2) is 15.8 Å². The topological polar surface area (TPSA) is 43.8 Å². The molecule has 0 radical (unpaired) electrons. The van der Waals surface area contributed by atoms with Crippen molar-refractivity contribution in [1.29, 1.82) is 0 Å². The fourth-order valence-corrected chi connectivity index (χ4v) is 2.33. The molecule has 6 heteroatoms. The minimum Gasteiger partial charge on any atom is -0.327 e. The summed E-state index contributed by atoms with van der Waals surface area (Å²) in [6.45, 7) is 1.91. The van der Waals surface area contributed by atoms with Crippen LogP contribution in [0.15, 0.2) is 30.3 Å². The Balaban J connectivity index is 1.99. The molecule has 0 aliphatic heterocycles. The summed E-state index contributed by atoms with van der Waals surface area (Å²) in [5.74, 6) is 0. The van der Waals surface area contributed by atoms with E-state index in [1.54, 1.807) is 4.68 Å². The first-order valence-electron chi connectivity index (χ1n) is 6.67. The lowest BCUT2D eigenvalue weighted by atomic mass is 10.0. The Morgan fingerprint density at radius 1 is 1.19 bits per heavy atom. The highest BCUT2D eigenvalue weighted by Gasteiger charge is 2.29. The molecule has 0 fully saturated rings. The lowest BCUT2D eigenvalue weighted by Crippen LogP contribution is -2.26. The van der Waals surface area contributed by atoms with Crippen molar-refractivity contribution >= 4 is 0 Å². The van der Waals surface area contributed by atoms with Gasteiger partial charge in [0.1, 0.15) is 0 Å². The molecule has 21 heavy (non-hydrogen) atoms. The first kappa shape index (κ1) is 15.6. The number of nitrogens with zero attached hydrogens (tertiary/aromatic N) is 2. The zero-order chi connectivity index (χ0) is 15.6. The minimum atomic E-state index is -4.30. The van der Waals surface area contributed by atoms with Crippen molar-refractivity contribution in [2.45, 2.75) is 32.0 Å². The van der Waals surface area contributed by atoms with Crippen LogP contribution >= 0.6 is 0 Å². The average Bonchev–Trinajstić information content (AvgIpc) is 2.67. The molecule has 2 N–H and O–H groups in total. The Hall–Kier alpha value is -1.82. The van der Waals surface area contributed by atoms with Gasteiger partial charge >= 0.3 is 6.18 Å². The van der Waals surface area contributed by atoms with Crippen molar-refractivity contribution in [3.05, 3.63) is 52.8 Å². The van der Waals surface area contributed by atoms with Crippen LogP contribution in [-0.2, 0) is 26.1 Å². The van der Waals surface area contributed by atoms with E-state index in [-0.39, 0.29) is 6.04 Å². The van der Waals surface area contributed by atoms with E-state index in [1.165, 1.54) is 12.1 Å². The Kier molecular flexibility index (Phi) is 4.37. The fraction of sp³-hybridized carbons (Fsp3) is 0.400. The molecule has 2 aromatic rings. The van der Waals surface area contributed by atoms with Crippen LogP contribution in [0.1, 0.15) is 22.5 Å². The van der Waals surface area contributed by atoms with Gasteiger partial charge in [-0.3, -0.25) is 4.68 Å². The van der Waals surface area contributed by atoms with Crippen LogP contribution in [0.25, 0.3) is 0 Å². The second-order valence-electron chi connectivity index (χ2n) is 5.26. The number of benzene rings is 1. The average molecular weight is 297 g/mol. The second-order valence-corrected chi connectivity index (χ2v) is 5.26. The molecule has 0 bridgehead atoms. The molecule has 1 atom stereocenters. The van der Waals surface area contributed by atoms with Crippen molar-refractivity contribution in [3.63, 3.8) is 0 Å². The maximum absolute atomic E-state index is 12.5. The molecule has 0 aliphatic rings. The summed E-state index contributed by atoms with van der Waals surface area (Å²) in [7, 11) is 1.85. The van der Waals surface area contributed by atoms with Crippen molar-refractivity contribution in [1.82, 2.24) is 9.78 Å². The molecule has 0 aliphatic carbocycles. The van der Waals surface area contributed by atoms with Crippen LogP contribution in [0, 0.1) is 6.92 Å². The van der Waals surface area contributed by atoms with Gasteiger partial charge in [0.2, 0.25) is 0 Å². The number of rotatable bonds is 4. The minimum absolute atomic E-state index is 0.156. The lowest BCUT2D eigenvalue weighted by molar-refractivity contribution is -0.137. The van der Waals surface area contributed by atoms with E-state index in [0.717, 1.165) is 29.1 Å².